The molecule has 1 fully saturated rings. The van der Waals surface area contributed by atoms with Gasteiger partial charge in [0.05, 0.1) is 12.6 Å². The minimum Gasteiger partial charge on any atom is -0.350 e. The SMILES string of the molecule is CCC.CCCC(NC(=O)[C@@H]1CCCN1C(=O)[C@@H](NC(=O)NC(C)(C)C)C(C)(C)C)C(=O)C(=O)NCC(=O)NCc1ccccc1. The van der Waals surface area contributed by atoms with Crippen LogP contribution in [0.25, 0.3) is 0 Å². The zero-order valence-corrected chi connectivity index (χ0v) is 29.2. The third-order valence-electron chi connectivity index (χ3n) is 6.89. The van der Waals surface area contributed by atoms with E-state index < -0.39 is 64.5 Å². The molecule has 0 aromatic heterocycles. The fourth-order valence-corrected chi connectivity index (χ4v) is 4.72. The number of carbonyl (C=O) groups is 6. The second-order valence-corrected chi connectivity index (χ2v) is 13.7. The van der Waals surface area contributed by atoms with E-state index in [9.17, 15) is 28.8 Å². The zero-order chi connectivity index (χ0) is 35.1. The molecule has 3 atom stereocenters. The average Bonchev–Trinajstić information content (AvgIpc) is 3.46. The highest BCUT2D eigenvalue weighted by Gasteiger charge is 2.43. The van der Waals surface area contributed by atoms with Gasteiger partial charge in [0.25, 0.3) is 5.91 Å². The van der Waals surface area contributed by atoms with E-state index in [-0.39, 0.29) is 19.5 Å². The minimum atomic E-state index is -1.11. The van der Waals surface area contributed by atoms with Crippen molar-refractivity contribution in [3.8, 4) is 0 Å². The molecule has 1 aromatic rings. The topological polar surface area (TPSA) is 166 Å². The first kappa shape index (κ1) is 40.1. The number of nitrogens with zero attached hydrogens (tertiary/aromatic N) is 1. The summed E-state index contributed by atoms with van der Waals surface area (Å²) in [6.07, 6.45) is 2.91. The van der Waals surface area contributed by atoms with Crippen molar-refractivity contribution in [3.05, 3.63) is 35.9 Å². The highest BCUT2D eigenvalue weighted by atomic mass is 16.2. The van der Waals surface area contributed by atoms with Crippen LogP contribution in [-0.2, 0) is 30.5 Å². The number of Topliss-reactive ketones (excluding diaryl/α,β-unsaturated/α-hetero) is 1. The molecule has 258 valence electrons. The molecule has 0 spiro atoms. The quantitative estimate of drug-likeness (QED) is 0.219. The van der Waals surface area contributed by atoms with Crippen LogP contribution in [0.1, 0.15) is 100.0 Å². The van der Waals surface area contributed by atoms with Gasteiger partial charge in [0.2, 0.25) is 23.5 Å². The van der Waals surface area contributed by atoms with Gasteiger partial charge in [-0.25, -0.2) is 4.79 Å². The number of rotatable bonds is 12. The van der Waals surface area contributed by atoms with Crippen molar-refractivity contribution in [1.82, 2.24) is 31.5 Å². The molecule has 0 saturated carbocycles. The maximum Gasteiger partial charge on any atom is 0.315 e. The van der Waals surface area contributed by atoms with Gasteiger partial charge in [0.1, 0.15) is 12.1 Å². The number of ketones is 1. The summed E-state index contributed by atoms with van der Waals surface area (Å²) < 4.78 is 0. The first-order valence-electron chi connectivity index (χ1n) is 16.3. The normalized spacial score (nSPS) is 15.8. The summed E-state index contributed by atoms with van der Waals surface area (Å²) in [4.78, 5) is 78.9. The Hall–Kier alpha value is -3.96. The van der Waals surface area contributed by atoms with E-state index >= 15 is 0 Å². The van der Waals surface area contributed by atoms with Crippen LogP contribution in [0.5, 0.6) is 0 Å². The van der Waals surface area contributed by atoms with E-state index in [0.29, 0.717) is 25.8 Å². The van der Waals surface area contributed by atoms with Crippen molar-refractivity contribution in [3.63, 3.8) is 0 Å². The van der Waals surface area contributed by atoms with Gasteiger partial charge < -0.3 is 31.5 Å². The summed E-state index contributed by atoms with van der Waals surface area (Å²) in [5, 5.41) is 13.2. The van der Waals surface area contributed by atoms with Crippen LogP contribution >= 0.6 is 0 Å². The minimum absolute atomic E-state index is 0.206. The van der Waals surface area contributed by atoms with Crippen molar-refractivity contribution in [1.29, 1.82) is 0 Å². The number of nitrogens with one attached hydrogen (secondary N) is 5. The van der Waals surface area contributed by atoms with Gasteiger partial charge in [-0.3, -0.25) is 24.0 Å². The number of urea groups is 1. The van der Waals surface area contributed by atoms with E-state index in [2.05, 4.69) is 40.4 Å². The third-order valence-corrected chi connectivity index (χ3v) is 6.89. The fraction of sp³-hybridized carbons (Fsp3) is 0.647. The van der Waals surface area contributed by atoms with E-state index in [1.165, 1.54) is 11.3 Å². The number of hydrogen-bond acceptors (Lipinski definition) is 6. The van der Waals surface area contributed by atoms with Gasteiger partial charge in [-0.05, 0) is 51.0 Å². The predicted molar refractivity (Wildman–Crippen MR) is 179 cm³/mol. The van der Waals surface area contributed by atoms with Crippen LogP contribution in [-0.4, -0.2) is 77.1 Å². The van der Waals surface area contributed by atoms with Crippen molar-refractivity contribution in [2.45, 2.75) is 125 Å². The summed E-state index contributed by atoms with van der Waals surface area (Å²) in [6, 6.07) is 5.88. The van der Waals surface area contributed by atoms with Gasteiger partial charge in [0, 0.05) is 18.6 Å². The molecule has 5 N–H and O–H groups in total. The molecular formula is C34H56N6O6. The number of amides is 6. The van der Waals surface area contributed by atoms with Gasteiger partial charge in [-0.2, -0.15) is 0 Å². The molecule has 0 bridgehead atoms. The van der Waals surface area contributed by atoms with Crippen LogP contribution < -0.4 is 26.6 Å². The second kappa shape index (κ2) is 18.9. The van der Waals surface area contributed by atoms with Crippen LogP contribution in [0.15, 0.2) is 30.3 Å². The third kappa shape index (κ3) is 14.0. The van der Waals surface area contributed by atoms with Crippen molar-refractivity contribution >= 4 is 35.4 Å². The number of carbonyl (C=O) groups excluding carboxylic acids is 6. The molecule has 2 rings (SSSR count). The Bertz CT molecular complexity index is 1170. The lowest BCUT2D eigenvalue weighted by Gasteiger charge is -2.36. The lowest BCUT2D eigenvalue weighted by Crippen LogP contribution is -2.61. The van der Waals surface area contributed by atoms with Crippen LogP contribution in [0, 0.1) is 5.41 Å². The highest BCUT2D eigenvalue weighted by Crippen LogP contribution is 2.26. The average molecular weight is 645 g/mol. The number of benzene rings is 1. The molecule has 6 amide bonds. The zero-order valence-electron chi connectivity index (χ0n) is 29.2. The Morgan fingerprint density at radius 2 is 1.50 bits per heavy atom. The predicted octanol–water partition coefficient (Wildman–Crippen LogP) is 3.19. The molecule has 1 heterocycles. The van der Waals surface area contributed by atoms with Crippen LogP contribution in [0.3, 0.4) is 0 Å². The maximum absolute atomic E-state index is 13.7. The Morgan fingerprint density at radius 3 is 2.04 bits per heavy atom. The molecule has 0 aliphatic carbocycles. The molecule has 1 unspecified atom stereocenters. The fourth-order valence-electron chi connectivity index (χ4n) is 4.72. The molecular weight excluding hydrogens is 588 g/mol. The standard InChI is InChI=1S/C31H48N6O6.C3H8/c1-8-13-21(24(39)27(41)33-19-23(38)32-18-20-14-10-9-11-15-20)34-26(40)22-16-12-17-37(22)28(42)25(30(2,3)4)35-29(43)36-31(5,6)7;1-3-2/h9-11,14-15,21-22,25H,8,12-13,16-19H2,1-7H3,(H,32,38)(H,33,41)(H,34,40)(H2,35,36,43);3H2,1-2H3/t21?,22-,25+;/m0./s1. The van der Waals surface area contributed by atoms with Crippen LogP contribution in [0.4, 0.5) is 4.79 Å². The maximum atomic E-state index is 13.7. The van der Waals surface area contributed by atoms with E-state index in [1.807, 2.05) is 78.8 Å². The van der Waals surface area contributed by atoms with Crippen molar-refractivity contribution < 1.29 is 28.8 Å². The Balaban J connectivity index is 0.00000338. The summed E-state index contributed by atoms with van der Waals surface area (Å²) in [6.45, 7) is 17.2. The Labute approximate surface area is 274 Å². The molecule has 12 heteroatoms. The van der Waals surface area contributed by atoms with Gasteiger partial charge in [0.15, 0.2) is 0 Å². The summed E-state index contributed by atoms with van der Waals surface area (Å²) in [5.74, 6) is -3.24. The molecule has 1 saturated heterocycles. The smallest absolute Gasteiger partial charge is 0.315 e. The Kier molecular flexibility index (Phi) is 16.4. The van der Waals surface area contributed by atoms with E-state index in [1.54, 1.807) is 0 Å². The lowest BCUT2D eigenvalue weighted by atomic mass is 9.85. The highest BCUT2D eigenvalue weighted by molar-refractivity contribution is 6.38. The van der Waals surface area contributed by atoms with Gasteiger partial charge in [-0.15, -0.1) is 0 Å². The monoisotopic (exact) mass is 644 g/mol. The summed E-state index contributed by atoms with van der Waals surface area (Å²) >= 11 is 0. The number of likely N-dealkylation sites (tertiary alicyclic amines) is 1. The largest absolute Gasteiger partial charge is 0.350 e. The Morgan fingerprint density at radius 1 is 0.891 bits per heavy atom. The van der Waals surface area contributed by atoms with Crippen molar-refractivity contribution in [2.75, 3.05) is 13.1 Å². The molecule has 46 heavy (non-hydrogen) atoms. The molecule has 1 aliphatic rings. The lowest BCUT2D eigenvalue weighted by molar-refractivity contribution is -0.144. The molecule has 1 aliphatic heterocycles. The molecule has 12 nitrogen and oxygen atoms in total. The summed E-state index contributed by atoms with van der Waals surface area (Å²) in [5.41, 5.74) is -0.270. The second-order valence-electron chi connectivity index (χ2n) is 13.7. The van der Waals surface area contributed by atoms with E-state index in [4.69, 9.17) is 0 Å². The molecule has 0 radical (unpaired) electrons. The van der Waals surface area contributed by atoms with Gasteiger partial charge >= 0.3 is 6.03 Å². The van der Waals surface area contributed by atoms with Gasteiger partial charge in [-0.1, -0.05) is 84.7 Å². The van der Waals surface area contributed by atoms with Crippen LogP contribution in [0.2, 0.25) is 0 Å². The van der Waals surface area contributed by atoms with Crippen molar-refractivity contribution in [2.24, 2.45) is 5.41 Å². The summed E-state index contributed by atoms with van der Waals surface area (Å²) in [7, 11) is 0. The number of hydrogen-bond donors (Lipinski definition) is 5. The molecule has 1 aromatic carbocycles. The van der Waals surface area contributed by atoms with E-state index in [0.717, 1.165) is 5.56 Å². The first-order valence-corrected chi connectivity index (χ1v) is 16.3. The first-order chi connectivity index (χ1) is 21.4.